The third kappa shape index (κ3) is 6.35. The number of aryl methyl sites for hydroxylation is 1. The average molecular weight is 359 g/mol. The van der Waals surface area contributed by atoms with Gasteiger partial charge in [0.1, 0.15) is 0 Å². The molecule has 0 fully saturated rings. The van der Waals surface area contributed by atoms with E-state index >= 15 is 0 Å². The summed E-state index contributed by atoms with van der Waals surface area (Å²) in [6, 6.07) is 13.8. The van der Waals surface area contributed by atoms with Crippen LogP contribution in [0.1, 0.15) is 25.0 Å². The van der Waals surface area contributed by atoms with Crippen LogP contribution in [0.2, 0.25) is 0 Å². The van der Waals surface area contributed by atoms with E-state index in [1.165, 1.54) is 11.1 Å². The molecule has 1 N–H and O–H groups in total. The molecule has 0 heterocycles. The van der Waals surface area contributed by atoms with E-state index < -0.39 is 0 Å². The van der Waals surface area contributed by atoms with Gasteiger partial charge in [-0.25, -0.2) is 0 Å². The first-order valence-electron chi connectivity index (χ1n) is 8.45. The minimum atomic E-state index is -0.0243. The Kier molecular flexibility index (Phi) is 7.67. The summed E-state index contributed by atoms with van der Waals surface area (Å²) in [7, 11) is 0. The summed E-state index contributed by atoms with van der Waals surface area (Å²) in [6.07, 6.45) is 0. The Morgan fingerprint density at radius 3 is 2.36 bits per heavy atom. The highest BCUT2D eigenvalue weighted by Crippen LogP contribution is 2.30. The van der Waals surface area contributed by atoms with Crippen LogP contribution in [0.5, 0.6) is 11.5 Å². The predicted molar refractivity (Wildman–Crippen MR) is 105 cm³/mol. The molecule has 0 saturated heterocycles. The molecule has 2 aromatic carbocycles. The summed E-state index contributed by atoms with van der Waals surface area (Å²) in [5.41, 5.74) is 3.18. The van der Waals surface area contributed by atoms with Crippen molar-refractivity contribution in [3.63, 3.8) is 0 Å². The van der Waals surface area contributed by atoms with Crippen LogP contribution in [0, 0.1) is 6.92 Å². The summed E-state index contributed by atoms with van der Waals surface area (Å²) >= 11 is 1.60. The van der Waals surface area contributed by atoms with Crippen molar-refractivity contribution < 1.29 is 14.3 Å². The largest absolute Gasteiger partial charge is 0.490 e. The third-order valence-electron chi connectivity index (χ3n) is 3.45. The highest BCUT2D eigenvalue weighted by molar-refractivity contribution is 7.99. The van der Waals surface area contributed by atoms with Crippen LogP contribution < -0.4 is 14.8 Å². The average Bonchev–Trinajstić information content (AvgIpc) is 2.59. The maximum absolute atomic E-state index is 12.1. The first kappa shape index (κ1) is 19.2. The molecular formula is C20H25NO3S. The lowest BCUT2D eigenvalue weighted by molar-refractivity contribution is -0.113. The molecule has 4 nitrogen and oxygen atoms in total. The number of benzene rings is 2. The van der Waals surface area contributed by atoms with Gasteiger partial charge in [-0.2, -0.15) is 0 Å². The Morgan fingerprint density at radius 2 is 1.68 bits per heavy atom. The van der Waals surface area contributed by atoms with Crippen molar-refractivity contribution >= 4 is 23.4 Å². The summed E-state index contributed by atoms with van der Waals surface area (Å²) in [5, 5.41) is 2.91. The molecule has 2 rings (SSSR count). The van der Waals surface area contributed by atoms with Crippen molar-refractivity contribution in [3.8, 4) is 11.5 Å². The van der Waals surface area contributed by atoms with E-state index in [0.29, 0.717) is 36.2 Å². The van der Waals surface area contributed by atoms with Gasteiger partial charge < -0.3 is 14.8 Å². The topological polar surface area (TPSA) is 47.6 Å². The molecule has 0 aliphatic heterocycles. The molecule has 0 spiro atoms. The molecule has 0 aromatic heterocycles. The second-order valence-corrected chi connectivity index (χ2v) is 6.54. The molecule has 1 amide bonds. The summed E-state index contributed by atoms with van der Waals surface area (Å²) in [5.74, 6) is 2.54. The lowest BCUT2D eigenvalue weighted by Crippen LogP contribution is -2.14. The zero-order chi connectivity index (χ0) is 18.1. The molecule has 0 radical (unpaired) electrons. The highest BCUT2D eigenvalue weighted by Gasteiger charge is 2.09. The van der Waals surface area contributed by atoms with Crippen molar-refractivity contribution in [3.05, 3.63) is 53.6 Å². The predicted octanol–water partition coefficient (Wildman–Crippen LogP) is 4.66. The van der Waals surface area contributed by atoms with Gasteiger partial charge in [-0.15, -0.1) is 11.8 Å². The molecule has 2 aromatic rings. The minimum Gasteiger partial charge on any atom is -0.490 e. The van der Waals surface area contributed by atoms with Crippen molar-refractivity contribution in [2.45, 2.75) is 26.5 Å². The Bertz CT molecular complexity index is 686. The van der Waals surface area contributed by atoms with Gasteiger partial charge in [-0.1, -0.05) is 29.8 Å². The van der Waals surface area contributed by atoms with Gasteiger partial charge in [0, 0.05) is 17.5 Å². The number of anilines is 1. The highest BCUT2D eigenvalue weighted by atomic mass is 32.2. The molecule has 134 valence electrons. The second kappa shape index (κ2) is 9.99. The molecule has 0 atom stereocenters. The number of carbonyl (C=O) groups excluding carboxylic acids is 1. The summed E-state index contributed by atoms with van der Waals surface area (Å²) in [6.45, 7) is 7.03. The third-order valence-corrected chi connectivity index (χ3v) is 4.45. The van der Waals surface area contributed by atoms with Gasteiger partial charge >= 0.3 is 0 Å². The Hall–Kier alpha value is -2.14. The van der Waals surface area contributed by atoms with Crippen LogP contribution in [-0.4, -0.2) is 24.9 Å². The summed E-state index contributed by atoms with van der Waals surface area (Å²) in [4.78, 5) is 12.1. The molecule has 0 aliphatic rings. The molecule has 25 heavy (non-hydrogen) atoms. The van der Waals surface area contributed by atoms with Crippen molar-refractivity contribution in [1.29, 1.82) is 0 Å². The fraction of sp³-hybridized carbons (Fsp3) is 0.350. The number of ether oxygens (including phenoxy) is 2. The maximum Gasteiger partial charge on any atom is 0.234 e. The number of thioether (sulfide) groups is 1. The summed E-state index contributed by atoms with van der Waals surface area (Å²) < 4.78 is 11.1. The van der Waals surface area contributed by atoms with Gasteiger partial charge in [0.15, 0.2) is 11.5 Å². The van der Waals surface area contributed by atoms with E-state index in [2.05, 4.69) is 36.5 Å². The number of nitrogens with one attached hydrogen (secondary N) is 1. The lowest BCUT2D eigenvalue weighted by atomic mass is 10.2. The maximum atomic E-state index is 12.1. The zero-order valence-corrected chi connectivity index (χ0v) is 15.8. The standard InChI is InChI=1S/C20H25NO3S/c1-4-23-18-11-10-17(12-19(18)24-5-2)21-20(22)14-25-13-16-8-6-15(3)7-9-16/h6-12H,4-5,13-14H2,1-3H3,(H,21,22). The normalized spacial score (nSPS) is 10.4. The van der Waals surface area contributed by atoms with Gasteiger partial charge in [-0.05, 0) is 38.5 Å². The van der Waals surface area contributed by atoms with Crippen LogP contribution in [0.3, 0.4) is 0 Å². The van der Waals surface area contributed by atoms with E-state index in [9.17, 15) is 4.79 Å². The van der Waals surface area contributed by atoms with Crippen LogP contribution in [0.25, 0.3) is 0 Å². The van der Waals surface area contributed by atoms with Crippen molar-refractivity contribution in [2.24, 2.45) is 0 Å². The van der Waals surface area contributed by atoms with E-state index in [4.69, 9.17) is 9.47 Å². The lowest BCUT2D eigenvalue weighted by Gasteiger charge is -2.13. The van der Waals surface area contributed by atoms with Crippen LogP contribution >= 0.6 is 11.8 Å². The van der Waals surface area contributed by atoms with Crippen molar-refractivity contribution in [1.82, 2.24) is 0 Å². The van der Waals surface area contributed by atoms with Crippen LogP contribution in [0.4, 0.5) is 5.69 Å². The number of rotatable bonds is 9. The fourth-order valence-electron chi connectivity index (χ4n) is 2.27. The van der Waals surface area contributed by atoms with Crippen LogP contribution in [0.15, 0.2) is 42.5 Å². The zero-order valence-electron chi connectivity index (χ0n) is 15.0. The first-order chi connectivity index (χ1) is 12.1. The number of amides is 1. The molecule has 0 aliphatic carbocycles. The fourth-order valence-corrected chi connectivity index (χ4v) is 3.06. The first-order valence-corrected chi connectivity index (χ1v) is 9.60. The van der Waals surface area contributed by atoms with E-state index in [1.807, 2.05) is 26.0 Å². The molecule has 0 unspecified atom stereocenters. The van der Waals surface area contributed by atoms with Crippen LogP contribution in [-0.2, 0) is 10.5 Å². The number of carbonyl (C=O) groups is 1. The van der Waals surface area contributed by atoms with E-state index in [-0.39, 0.29) is 5.91 Å². The number of hydrogen-bond acceptors (Lipinski definition) is 4. The Balaban J connectivity index is 1.86. The van der Waals surface area contributed by atoms with Gasteiger partial charge in [-0.3, -0.25) is 4.79 Å². The molecule has 0 bridgehead atoms. The van der Waals surface area contributed by atoms with Gasteiger partial charge in [0.2, 0.25) is 5.91 Å². The van der Waals surface area contributed by atoms with Crippen molar-refractivity contribution in [2.75, 3.05) is 24.3 Å². The second-order valence-electron chi connectivity index (χ2n) is 5.55. The minimum absolute atomic E-state index is 0.0243. The number of hydrogen-bond donors (Lipinski definition) is 1. The molecule has 0 saturated carbocycles. The Morgan fingerprint density at radius 1 is 1.00 bits per heavy atom. The quantitative estimate of drug-likeness (QED) is 0.707. The smallest absolute Gasteiger partial charge is 0.234 e. The Labute approximate surface area is 153 Å². The monoisotopic (exact) mass is 359 g/mol. The SMILES string of the molecule is CCOc1ccc(NC(=O)CSCc2ccc(C)cc2)cc1OCC. The molecule has 5 heteroatoms. The van der Waals surface area contributed by atoms with E-state index in [0.717, 1.165) is 5.75 Å². The van der Waals surface area contributed by atoms with Gasteiger partial charge in [0.25, 0.3) is 0 Å². The van der Waals surface area contributed by atoms with Gasteiger partial charge in [0.05, 0.1) is 19.0 Å². The van der Waals surface area contributed by atoms with E-state index in [1.54, 1.807) is 17.8 Å². The molecular weight excluding hydrogens is 334 g/mol.